The summed E-state index contributed by atoms with van der Waals surface area (Å²) in [4.78, 5) is 0. The van der Waals surface area contributed by atoms with E-state index in [0.29, 0.717) is 0 Å². The van der Waals surface area contributed by atoms with Crippen LogP contribution in [0.5, 0.6) is 5.75 Å². The fourth-order valence-electron chi connectivity index (χ4n) is 2.73. The highest BCUT2D eigenvalue weighted by Crippen LogP contribution is 2.33. The molecule has 1 aliphatic heterocycles. The van der Waals surface area contributed by atoms with Crippen molar-refractivity contribution in [1.29, 1.82) is 0 Å². The third kappa shape index (κ3) is 2.22. The summed E-state index contributed by atoms with van der Waals surface area (Å²) in [5.41, 5.74) is 1.14. The first-order valence-electron chi connectivity index (χ1n) is 6.52. The van der Waals surface area contributed by atoms with E-state index in [4.69, 9.17) is 16.3 Å². The largest absolute Gasteiger partial charge is 0.488 e. The molecule has 1 aromatic rings. The molecule has 1 fully saturated rings. The number of hydrogen-bond acceptors (Lipinski definition) is 3. The minimum atomic E-state index is -0.0459. The Kier molecular flexibility index (Phi) is 3.22. The number of rotatable bonds is 4. The normalized spacial score (nSPS) is 24.2. The summed E-state index contributed by atoms with van der Waals surface area (Å²) < 4.78 is 5.87. The van der Waals surface area contributed by atoms with Crippen molar-refractivity contribution in [3.8, 4) is 5.75 Å². The Morgan fingerprint density at radius 1 is 1.44 bits per heavy atom. The lowest BCUT2D eigenvalue weighted by atomic mass is 9.77. The molecule has 0 bridgehead atoms. The predicted octanol–water partition coefficient (Wildman–Crippen LogP) is 2.15. The standard InChI is InChI=1S/C14H18ClNO2/c15-11-2-3-13-10(6-11)7-12(18-13)8-16-14(9-17)4-1-5-14/h2-3,6,12,16-17H,1,4-5,7-9H2. The summed E-state index contributed by atoms with van der Waals surface area (Å²) in [6.07, 6.45) is 4.38. The van der Waals surface area contributed by atoms with Gasteiger partial charge in [-0.1, -0.05) is 11.6 Å². The third-order valence-electron chi connectivity index (χ3n) is 4.08. The van der Waals surface area contributed by atoms with Gasteiger partial charge in [-0.25, -0.2) is 0 Å². The molecule has 18 heavy (non-hydrogen) atoms. The lowest BCUT2D eigenvalue weighted by Crippen LogP contribution is -2.56. The van der Waals surface area contributed by atoms with E-state index in [1.807, 2.05) is 18.2 Å². The van der Waals surface area contributed by atoms with Gasteiger partial charge in [0.15, 0.2) is 0 Å². The molecule has 4 heteroatoms. The highest BCUT2D eigenvalue weighted by atomic mass is 35.5. The summed E-state index contributed by atoms with van der Waals surface area (Å²) in [6.45, 7) is 1.01. The van der Waals surface area contributed by atoms with Gasteiger partial charge in [-0.2, -0.15) is 0 Å². The Hall–Kier alpha value is -0.770. The molecule has 1 heterocycles. The molecule has 0 radical (unpaired) electrons. The van der Waals surface area contributed by atoms with Crippen molar-refractivity contribution < 1.29 is 9.84 Å². The molecule has 1 aliphatic carbocycles. The highest BCUT2D eigenvalue weighted by molar-refractivity contribution is 6.30. The Morgan fingerprint density at radius 3 is 2.94 bits per heavy atom. The quantitative estimate of drug-likeness (QED) is 0.878. The molecule has 0 amide bonds. The average Bonchev–Trinajstić information content (AvgIpc) is 2.70. The number of aliphatic hydroxyl groups excluding tert-OH is 1. The summed E-state index contributed by atoms with van der Waals surface area (Å²) in [7, 11) is 0. The van der Waals surface area contributed by atoms with Gasteiger partial charge < -0.3 is 15.2 Å². The fourth-order valence-corrected chi connectivity index (χ4v) is 2.92. The molecule has 0 spiro atoms. The monoisotopic (exact) mass is 267 g/mol. The smallest absolute Gasteiger partial charge is 0.123 e. The van der Waals surface area contributed by atoms with Crippen LogP contribution in [0.2, 0.25) is 5.02 Å². The van der Waals surface area contributed by atoms with Crippen molar-refractivity contribution in [3.63, 3.8) is 0 Å². The van der Waals surface area contributed by atoms with Crippen molar-refractivity contribution in [2.24, 2.45) is 0 Å². The number of fused-ring (bicyclic) bond motifs is 1. The van der Waals surface area contributed by atoms with Gasteiger partial charge in [0.2, 0.25) is 0 Å². The second-order valence-corrected chi connectivity index (χ2v) is 5.81. The van der Waals surface area contributed by atoms with Crippen LogP contribution in [0.15, 0.2) is 18.2 Å². The molecule has 0 saturated heterocycles. The van der Waals surface area contributed by atoms with Gasteiger partial charge in [-0.05, 0) is 43.0 Å². The van der Waals surface area contributed by atoms with Gasteiger partial charge in [0.1, 0.15) is 11.9 Å². The Balaban J connectivity index is 1.58. The molecule has 3 rings (SSSR count). The second-order valence-electron chi connectivity index (χ2n) is 5.37. The van der Waals surface area contributed by atoms with Crippen LogP contribution in [0.1, 0.15) is 24.8 Å². The van der Waals surface area contributed by atoms with E-state index in [2.05, 4.69) is 5.32 Å². The molecule has 1 saturated carbocycles. The Bertz CT molecular complexity index is 440. The number of aliphatic hydroxyl groups is 1. The molecule has 1 unspecified atom stereocenters. The summed E-state index contributed by atoms with van der Waals surface area (Å²) in [6, 6.07) is 5.77. The maximum atomic E-state index is 9.40. The average molecular weight is 268 g/mol. The van der Waals surface area contributed by atoms with E-state index in [9.17, 15) is 5.11 Å². The first-order chi connectivity index (χ1) is 8.71. The minimum absolute atomic E-state index is 0.0459. The first-order valence-corrected chi connectivity index (χ1v) is 6.90. The molecule has 2 aliphatic rings. The second kappa shape index (κ2) is 4.72. The molecule has 0 aromatic heterocycles. The number of nitrogens with one attached hydrogen (secondary N) is 1. The highest BCUT2D eigenvalue weighted by Gasteiger charge is 2.37. The third-order valence-corrected chi connectivity index (χ3v) is 4.32. The van der Waals surface area contributed by atoms with Gasteiger partial charge in [-0.15, -0.1) is 0 Å². The van der Waals surface area contributed by atoms with Gasteiger partial charge in [0.25, 0.3) is 0 Å². The van der Waals surface area contributed by atoms with Crippen molar-refractivity contribution in [2.75, 3.05) is 13.2 Å². The molecular weight excluding hydrogens is 250 g/mol. The van der Waals surface area contributed by atoms with E-state index in [1.165, 1.54) is 12.0 Å². The van der Waals surface area contributed by atoms with Crippen LogP contribution in [-0.4, -0.2) is 29.9 Å². The van der Waals surface area contributed by atoms with Crippen LogP contribution in [-0.2, 0) is 6.42 Å². The molecular formula is C14H18ClNO2. The van der Waals surface area contributed by atoms with Gasteiger partial charge in [0, 0.05) is 23.5 Å². The minimum Gasteiger partial charge on any atom is -0.488 e. The Labute approximate surface area is 112 Å². The number of ether oxygens (including phenoxy) is 1. The lowest BCUT2D eigenvalue weighted by Gasteiger charge is -2.41. The van der Waals surface area contributed by atoms with Crippen molar-refractivity contribution in [2.45, 2.75) is 37.3 Å². The van der Waals surface area contributed by atoms with Gasteiger partial charge >= 0.3 is 0 Å². The summed E-state index contributed by atoms with van der Waals surface area (Å²) in [5, 5.41) is 13.6. The van der Waals surface area contributed by atoms with Crippen molar-refractivity contribution in [3.05, 3.63) is 28.8 Å². The molecule has 2 N–H and O–H groups in total. The maximum Gasteiger partial charge on any atom is 0.123 e. The lowest BCUT2D eigenvalue weighted by molar-refractivity contribution is 0.0766. The van der Waals surface area contributed by atoms with Gasteiger partial charge in [-0.3, -0.25) is 0 Å². The number of benzene rings is 1. The molecule has 3 nitrogen and oxygen atoms in total. The van der Waals surface area contributed by atoms with Crippen LogP contribution in [0.4, 0.5) is 0 Å². The Morgan fingerprint density at radius 2 is 2.28 bits per heavy atom. The molecule has 1 aromatic carbocycles. The van der Waals surface area contributed by atoms with Crippen LogP contribution >= 0.6 is 11.6 Å². The summed E-state index contributed by atoms with van der Waals surface area (Å²) in [5.74, 6) is 0.942. The SMILES string of the molecule is OCC1(NCC2Cc3cc(Cl)ccc3O2)CCC1. The van der Waals surface area contributed by atoms with E-state index in [1.54, 1.807) is 0 Å². The van der Waals surface area contributed by atoms with E-state index >= 15 is 0 Å². The van der Waals surface area contributed by atoms with E-state index in [-0.39, 0.29) is 18.2 Å². The zero-order valence-electron chi connectivity index (χ0n) is 10.3. The topological polar surface area (TPSA) is 41.5 Å². The van der Waals surface area contributed by atoms with Crippen LogP contribution in [0.25, 0.3) is 0 Å². The molecule has 98 valence electrons. The van der Waals surface area contributed by atoms with Crippen molar-refractivity contribution in [1.82, 2.24) is 5.32 Å². The zero-order chi connectivity index (χ0) is 12.6. The zero-order valence-corrected chi connectivity index (χ0v) is 11.0. The van der Waals surface area contributed by atoms with Crippen LogP contribution in [0, 0.1) is 0 Å². The van der Waals surface area contributed by atoms with E-state index in [0.717, 1.165) is 36.6 Å². The van der Waals surface area contributed by atoms with Gasteiger partial charge in [0.05, 0.1) is 6.61 Å². The summed E-state index contributed by atoms with van der Waals surface area (Å²) >= 11 is 5.97. The first kappa shape index (κ1) is 12.3. The fraction of sp³-hybridized carbons (Fsp3) is 0.571. The van der Waals surface area contributed by atoms with Crippen molar-refractivity contribution >= 4 is 11.6 Å². The maximum absolute atomic E-state index is 9.40. The predicted molar refractivity (Wildman–Crippen MR) is 71.2 cm³/mol. The van der Waals surface area contributed by atoms with Crippen LogP contribution < -0.4 is 10.1 Å². The van der Waals surface area contributed by atoms with E-state index < -0.39 is 0 Å². The molecule has 1 atom stereocenters. The number of hydrogen-bond donors (Lipinski definition) is 2. The number of halogens is 1. The van der Waals surface area contributed by atoms with Crippen LogP contribution in [0.3, 0.4) is 0 Å².